The zero-order valence-electron chi connectivity index (χ0n) is 13.2. The molecule has 3 heterocycles. The molecule has 23 heavy (non-hydrogen) atoms. The van der Waals surface area contributed by atoms with Gasteiger partial charge in [-0.1, -0.05) is 0 Å². The van der Waals surface area contributed by atoms with Gasteiger partial charge in [0.2, 0.25) is 6.79 Å². The molecule has 4 aliphatic rings. The number of methoxy groups -OCH3 is 1. The van der Waals surface area contributed by atoms with Crippen LogP contribution in [0.15, 0.2) is 24.0 Å². The molecule has 0 aromatic heterocycles. The Kier molecular flexibility index (Phi) is 2.77. The molecule has 1 aromatic carbocycles. The first-order valence-electron chi connectivity index (χ1n) is 8.35. The van der Waals surface area contributed by atoms with Crippen LogP contribution < -0.4 is 9.47 Å². The summed E-state index contributed by atoms with van der Waals surface area (Å²) in [4.78, 5) is 2.53. The molecule has 1 N–H and O–H groups in total. The molecular formula is C18H21NO4. The molecule has 0 unspecified atom stereocenters. The van der Waals surface area contributed by atoms with E-state index in [0.717, 1.165) is 43.9 Å². The average Bonchev–Trinajstić information content (AvgIpc) is 3.21. The van der Waals surface area contributed by atoms with Gasteiger partial charge in [0.1, 0.15) is 11.9 Å². The van der Waals surface area contributed by atoms with Gasteiger partial charge in [-0.25, -0.2) is 0 Å². The number of rotatable bonds is 1. The zero-order valence-corrected chi connectivity index (χ0v) is 13.2. The van der Waals surface area contributed by atoms with Crippen molar-refractivity contribution >= 4 is 0 Å². The lowest BCUT2D eigenvalue weighted by atomic mass is 9.78. The van der Waals surface area contributed by atoms with Gasteiger partial charge >= 0.3 is 0 Å². The maximum Gasteiger partial charge on any atom is 0.231 e. The van der Waals surface area contributed by atoms with Crippen LogP contribution >= 0.6 is 0 Å². The number of fused-ring (bicyclic) bond motifs is 3. The Balaban J connectivity index is 1.70. The Labute approximate surface area is 135 Å². The minimum Gasteiger partial charge on any atom is -0.499 e. The first kappa shape index (κ1) is 13.7. The molecule has 1 aromatic rings. The van der Waals surface area contributed by atoms with Crippen molar-refractivity contribution in [3.05, 3.63) is 35.1 Å². The lowest BCUT2D eigenvalue weighted by Gasteiger charge is -2.38. The number of hydrogen-bond acceptors (Lipinski definition) is 5. The van der Waals surface area contributed by atoms with E-state index in [4.69, 9.17) is 14.2 Å². The van der Waals surface area contributed by atoms with E-state index >= 15 is 0 Å². The number of hydrogen-bond donors (Lipinski definition) is 1. The number of aliphatic hydroxyl groups is 1. The standard InChI is InChI=1S/C18H21NO4/c1-21-15-9-18-4-2-5-19(18)6-3-11-7-13-14(23-10-22-13)8-12(11)16(18)17(15)20/h7-9,16-17,20H,2-6,10H2,1H3/t16-,17+,18+/m0/s1. The molecule has 1 fully saturated rings. The van der Waals surface area contributed by atoms with E-state index < -0.39 is 6.10 Å². The molecule has 0 saturated carbocycles. The van der Waals surface area contributed by atoms with Crippen LogP contribution in [-0.2, 0) is 11.2 Å². The molecule has 0 radical (unpaired) electrons. The summed E-state index contributed by atoms with van der Waals surface area (Å²) in [5.74, 6) is 2.33. The summed E-state index contributed by atoms with van der Waals surface area (Å²) in [7, 11) is 1.65. The van der Waals surface area contributed by atoms with E-state index in [1.165, 1.54) is 11.1 Å². The first-order chi connectivity index (χ1) is 11.2. The van der Waals surface area contributed by atoms with Crippen molar-refractivity contribution in [1.82, 2.24) is 4.90 Å². The highest BCUT2D eigenvalue weighted by Crippen LogP contribution is 2.54. The van der Waals surface area contributed by atoms with Gasteiger partial charge in [0, 0.05) is 12.5 Å². The molecule has 122 valence electrons. The van der Waals surface area contributed by atoms with Gasteiger partial charge in [-0.3, -0.25) is 4.90 Å². The second kappa shape index (κ2) is 4.65. The van der Waals surface area contributed by atoms with E-state index in [0.29, 0.717) is 5.76 Å². The maximum absolute atomic E-state index is 11.0. The molecule has 5 rings (SSSR count). The van der Waals surface area contributed by atoms with Gasteiger partial charge in [0.15, 0.2) is 11.5 Å². The smallest absolute Gasteiger partial charge is 0.231 e. The summed E-state index contributed by atoms with van der Waals surface area (Å²) in [6, 6.07) is 4.19. The average molecular weight is 315 g/mol. The topological polar surface area (TPSA) is 51.2 Å². The molecule has 0 amide bonds. The SMILES string of the molecule is COC1=C[C@@]23CCCN2CCc2cc4c(cc2[C@H]3[C@@H]1O)OCO4. The highest BCUT2D eigenvalue weighted by Gasteiger charge is 2.56. The van der Waals surface area contributed by atoms with Crippen LogP contribution in [0.2, 0.25) is 0 Å². The minimum atomic E-state index is -0.599. The summed E-state index contributed by atoms with van der Waals surface area (Å²) in [6.45, 7) is 2.37. The third-order valence-corrected chi connectivity index (χ3v) is 5.99. The Morgan fingerprint density at radius 2 is 2.09 bits per heavy atom. The number of nitrogens with zero attached hydrogens (tertiary/aromatic N) is 1. The maximum atomic E-state index is 11.0. The summed E-state index contributed by atoms with van der Waals surface area (Å²) < 4.78 is 16.6. The molecule has 5 nitrogen and oxygen atoms in total. The second-order valence-corrected chi connectivity index (χ2v) is 6.91. The summed E-state index contributed by atoms with van der Waals surface area (Å²) in [6.07, 6.45) is 4.78. The second-order valence-electron chi connectivity index (χ2n) is 6.91. The van der Waals surface area contributed by atoms with Gasteiger partial charge < -0.3 is 19.3 Å². The molecule has 3 aliphatic heterocycles. The van der Waals surface area contributed by atoms with Crippen molar-refractivity contribution in [1.29, 1.82) is 0 Å². The molecule has 1 saturated heterocycles. The fourth-order valence-corrected chi connectivity index (χ4v) is 4.99. The number of benzene rings is 1. The number of ether oxygens (including phenoxy) is 3. The third-order valence-electron chi connectivity index (χ3n) is 5.99. The van der Waals surface area contributed by atoms with Crippen molar-refractivity contribution < 1.29 is 19.3 Å². The molecular weight excluding hydrogens is 294 g/mol. The van der Waals surface area contributed by atoms with Gasteiger partial charge in [-0.15, -0.1) is 0 Å². The minimum absolute atomic E-state index is 0.00644. The Morgan fingerprint density at radius 1 is 1.26 bits per heavy atom. The predicted octanol–water partition coefficient (Wildman–Crippen LogP) is 1.79. The summed E-state index contributed by atoms with van der Waals surface area (Å²) in [5, 5.41) is 11.0. The van der Waals surface area contributed by atoms with Crippen LogP contribution in [0.1, 0.15) is 29.9 Å². The van der Waals surface area contributed by atoms with Crippen LogP contribution in [-0.4, -0.2) is 48.6 Å². The normalized spacial score (nSPS) is 34.4. The van der Waals surface area contributed by atoms with Crippen molar-refractivity contribution in [2.75, 3.05) is 27.0 Å². The summed E-state index contributed by atoms with van der Waals surface area (Å²) in [5.41, 5.74) is 2.33. The predicted molar refractivity (Wildman–Crippen MR) is 83.6 cm³/mol. The lowest BCUT2D eigenvalue weighted by molar-refractivity contribution is 0.0782. The van der Waals surface area contributed by atoms with E-state index in [-0.39, 0.29) is 18.2 Å². The Hall–Kier alpha value is -1.72. The van der Waals surface area contributed by atoms with Gasteiger partial charge in [0.05, 0.1) is 12.6 Å². The first-order valence-corrected chi connectivity index (χ1v) is 8.35. The molecule has 5 heteroatoms. The Bertz CT molecular complexity index is 701. The third kappa shape index (κ3) is 1.69. The van der Waals surface area contributed by atoms with Gasteiger partial charge in [-0.05, 0) is 55.1 Å². The molecule has 1 spiro atoms. The molecule has 3 atom stereocenters. The van der Waals surface area contributed by atoms with Crippen molar-refractivity contribution in [2.45, 2.75) is 36.8 Å². The van der Waals surface area contributed by atoms with Gasteiger partial charge in [-0.2, -0.15) is 0 Å². The Morgan fingerprint density at radius 3 is 2.91 bits per heavy atom. The van der Waals surface area contributed by atoms with Crippen LogP contribution in [0.25, 0.3) is 0 Å². The quantitative estimate of drug-likeness (QED) is 0.856. The van der Waals surface area contributed by atoms with Crippen molar-refractivity contribution in [3.63, 3.8) is 0 Å². The molecule has 1 aliphatic carbocycles. The van der Waals surface area contributed by atoms with Crippen molar-refractivity contribution in [2.24, 2.45) is 0 Å². The van der Waals surface area contributed by atoms with Crippen molar-refractivity contribution in [3.8, 4) is 11.5 Å². The van der Waals surface area contributed by atoms with Crippen LogP contribution in [0.3, 0.4) is 0 Å². The highest BCUT2D eigenvalue weighted by atomic mass is 16.7. The van der Waals surface area contributed by atoms with Crippen LogP contribution in [0.5, 0.6) is 11.5 Å². The lowest BCUT2D eigenvalue weighted by Crippen LogP contribution is -2.46. The monoisotopic (exact) mass is 315 g/mol. The number of aliphatic hydroxyl groups excluding tert-OH is 1. The summed E-state index contributed by atoms with van der Waals surface area (Å²) >= 11 is 0. The fraction of sp³-hybridized carbons (Fsp3) is 0.556. The van der Waals surface area contributed by atoms with Gasteiger partial charge in [0.25, 0.3) is 0 Å². The fourth-order valence-electron chi connectivity index (χ4n) is 4.99. The highest BCUT2D eigenvalue weighted by molar-refractivity contribution is 5.54. The largest absolute Gasteiger partial charge is 0.499 e. The molecule has 0 bridgehead atoms. The zero-order chi connectivity index (χ0) is 15.6. The van der Waals surface area contributed by atoms with Crippen LogP contribution in [0.4, 0.5) is 0 Å². The van der Waals surface area contributed by atoms with Crippen LogP contribution in [0, 0.1) is 0 Å². The van der Waals surface area contributed by atoms with E-state index in [1.54, 1.807) is 7.11 Å². The van der Waals surface area contributed by atoms with E-state index in [9.17, 15) is 5.11 Å². The van der Waals surface area contributed by atoms with E-state index in [1.807, 2.05) is 0 Å². The van der Waals surface area contributed by atoms with E-state index in [2.05, 4.69) is 23.1 Å².